The summed E-state index contributed by atoms with van der Waals surface area (Å²) in [4.78, 5) is 2.23. The molecule has 0 unspecified atom stereocenters. The molecule has 16 heavy (non-hydrogen) atoms. The van der Waals surface area contributed by atoms with Crippen LogP contribution in [0.25, 0.3) is 0 Å². The lowest BCUT2D eigenvalue weighted by molar-refractivity contribution is 0.115. The minimum Gasteiger partial charge on any atom is -0.466 e. The number of aliphatic hydroxyl groups excluding tert-OH is 1. The largest absolute Gasteiger partial charge is 0.466 e. The standard InChI is InChI=1S/C13H23NO2/c1-11-5-6-12(16-11)7-8-14(4)9-13(2,3)10-15/h5-6,15H,7-10H2,1-4H3. The summed E-state index contributed by atoms with van der Waals surface area (Å²) in [5.41, 5.74) is -0.0339. The average molecular weight is 225 g/mol. The summed E-state index contributed by atoms with van der Waals surface area (Å²) >= 11 is 0. The van der Waals surface area contributed by atoms with Gasteiger partial charge in [-0.1, -0.05) is 13.8 Å². The van der Waals surface area contributed by atoms with Crippen LogP contribution < -0.4 is 0 Å². The van der Waals surface area contributed by atoms with Gasteiger partial charge in [-0.15, -0.1) is 0 Å². The Labute approximate surface area is 98.1 Å². The van der Waals surface area contributed by atoms with Crippen molar-refractivity contribution in [1.29, 1.82) is 0 Å². The van der Waals surface area contributed by atoms with Crippen molar-refractivity contribution >= 4 is 0 Å². The molecule has 0 amide bonds. The summed E-state index contributed by atoms with van der Waals surface area (Å²) in [6.45, 7) is 8.17. The predicted molar refractivity (Wildman–Crippen MR) is 65.5 cm³/mol. The van der Waals surface area contributed by atoms with Gasteiger partial charge in [0.05, 0.1) is 0 Å². The van der Waals surface area contributed by atoms with E-state index in [0.717, 1.165) is 31.0 Å². The summed E-state index contributed by atoms with van der Waals surface area (Å²) in [5.74, 6) is 2.00. The molecular formula is C13H23NO2. The van der Waals surface area contributed by atoms with Crippen LogP contribution in [0.5, 0.6) is 0 Å². The highest BCUT2D eigenvalue weighted by molar-refractivity contribution is 5.05. The van der Waals surface area contributed by atoms with Crippen LogP contribution in [0, 0.1) is 12.3 Å². The smallest absolute Gasteiger partial charge is 0.105 e. The van der Waals surface area contributed by atoms with Crippen molar-refractivity contribution < 1.29 is 9.52 Å². The third-order valence-corrected chi connectivity index (χ3v) is 2.66. The minimum absolute atomic E-state index is 0.0339. The normalized spacial score (nSPS) is 12.4. The SMILES string of the molecule is Cc1ccc(CCN(C)CC(C)(C)CO)o1. The van der Waals surface area contributed by atoms with E-state index in [1.54, 1.807) is 0 Å². The van der Waals surface area contributed by atoms with Crippen LogP contribution in [0.2, 0.25) is 0 Å². The van der Waals surface area contributed by atoms with E-state index < -0.39 is 0 Å². The zero-order valence-corrected chi connectivity index (χ0v) is 10.8. The fourth-order valence-corrected chi connectivity index (χ4v) is 1.78. The molecule has 1 aromatic heterocycles. The van der Waals surface area contributed by atoms with Crippen LogP contribution in [0.3, 0.4) is 0 Å². The molecule has 0 aliphatic carbocycles. The lowest BCUT2D eigenvalue weighted by atomic mass is 9.94. The summed E-state index contributed by atoms with van der Waals surface area (Å²) in [6.07, 6.45) is 0.922. The fourth-order valence-electron chi connectivity index (χ4n) is 1.78. The topological polar surface area (TPSA) is 36.6 Å². The maximum Gasteiger partial charge on any atom is 0.105 e. The first-order valence-corrected chi connectivity index (χ1v) is 5.78. The van der Waals surface area contributed by atoms with Crippen molar-refractivity contribution in [3.05, 3.63) is 23.7 Å². The van der Waals surface area contributed by atoms with Crippen LogP contribution in [-0.2, 0) is 6.42 Å². The van der Waals surface area contributed by atoms with Crippen LogP contribution in [0.4, 0.5) is 0 Å². The molecule has 1 aromatic rings. The Morgan fingerprint density at radius 1 is 1.38 bits per heavy atom. The molecule has 0 aromatic carbocycles. The van der Waals surface area contributed by atoms with E-state index in [4.69, 9.17) is 4.42 Å². The molecule has 1 heterocycles. The van der Waals surface area contributed by atoms with Gasteiger partial charge in [-0.05, 0) is 26.1 Å². The van der Waals surface area contributed by atoms with E-state index >= 15 is 0 Å². The van der Waals surface area contributed by atoms with Gasteiger partial charge in [0.25, 0.3) is 0 Å². The van der Waals surface area contributed by atoms with Crippen molar-refractivity contribution in [2.24, 2.45) is 5.41 Å². The van der Waals surface area contributed by atoms with Gasteiger partial charge in [0.2, 0.25) is 0 Å². The van der Waals surface area contributed by atoms with Gasteiger partial charge in [-0.2, -0.15) is 0 Å². The molecule has 1 rings (SSSR count). The molecule has 0 saturated carbocycles. The first-order chi connectivity index (χ1) is 7.43. The Morgan fingerprint density at radius 3 is 2.56 bits per heavy atom. The second-order valence-electron chi connectivity index (χ2n) is 5.32. The summed E-state index contributed by atoms with van der Waals surface area (Å²) in [5, 5.41) is 9.19. The van der Waals surface area contributed by atoms with E-state index in [2.05, 4.69) is 25.8 Å². The monoisotopic (exact) mass is 225 g/mol. The van der Waals surface area contributed by atoms with Gasteiger partial charge < -0.3 is 14.4 Å². The molecule has 0 bridgehead atoms. The highest BCUT2D eigenvalue weighted by atomic mass is 16.3. The highest BCUT2D eigenvalue weighted by Crippen LogP contribution is 2.15. The minimum atomic E-state index is -0.0339. The maximum absolute atomic E-state index is 9.19. The molecule has 0 radical (unpaired) electrons. The molecule has 0 aliphatic heterocycles. The molecule has 0 aliphatic rings. The zero-order valence-electron chi connectivity index (χ0n) is 10.8. The van der Waals surface area contributed by atoms with Crippen molar-refractivity contribution in [3.8, 4) is 0 Å². The molecule has 0 spiro atoms. The second-order valence-corrected chi connectivity index (χ2v) is 5.32. The lowest BCUT2D eigenvalue weighted by Gasteiger charge is -2.28. The Bertz CT molecular complexity index is 317. The molecule has 0 saturated heterocycles. The van der Waals surface area contributed by atoms with Crippen LogP contribution in [0.15, 0.2) is 16.5 Å². The first-order valence-electron chi connectivity index (χ1n) is 5.78. The van der Waals surface area contributed by atoms with E-state index in [9.17, 15) is 5.11 Å². The Morgan fingerprint density at radius 2 is 2.06 bits per heavy atom. The van der Waals surface area contributed by atoms with Crippen LogP contribution in [0.1, 0.15) is 25.4 Å². The molecule has 3 heteroatoms. The van der Waals surface area contributed by atoms with Gasteiger partial charge in [0.1, 0.15) is 11.5 Å². The predicted octanol–water partition coefficient (Wildman–Crippen LogP) is 2.08. The zero-order chi connectivity index (χ0) is 12.2. The number of rotatable bonds is 6. The quantitative estimate of drug-likeness (QED) is 0.805. The Balaban J connectivity index is 2.33. The van der Waals surface area contributed by atoms with Gasteiger partial charge >= 0.3 is 0 Å². The summed E-state index contributed by atoms with van der Waals surface area (Å²) < 4.78 is 5.51. The van der Waals surface area contributed by atoms with Gasteiger partial charge in [0.15, 0.2) is 0 Å². The van der Waals surface area contributed by atoms with Crippen molar-refractivity contribution in [1.82, 2.24) is 4.90 Å². The highest BCUT2D eigenvalue weighted by Gasteiger charge is 2.18. The molecule has 0 atom stereocenters. The Hall–Kier alpha value is -0.800. The van der Waals surface area contributed by atoms with Gasteiger partial charge in [0, 0.05) is 31.5 Å². The molecule has 3 nitrogen and oxygen atoms in total. The third kappa shape index (κ3) is 4.37. The maximum atomic E-state index is 9.19. The number of aliphatic hydroxyl groups is 1. The average Bonchev–Trinajstić information content (AvgIpc) is 2.61. The number of furan rings is 1. The van der Waals surface area contributed by atoms with E-state index in [0.29, 0.717) is 0 Å². The van der Waals surface area contributed by atoms with Crippen molar-refractivity contribution in [2.45, 2.75) is 27.2 Å². The van der Waals surface area contributed by atoms with Crippen LogP contribution >= 0.6 is 0 Å². The van der Waals surface area contributed by atoms with Gasteiger partial charge in [-0.25, -0.2) is 0 Å². The summed E-state index contributed by atoms with van der Waals surface area (Å²) in [6, 6.07) is 4.02. The first kappa shape index (κ1) is 13.3. The third-order valence-electron chi connectivity index (χ3n) is 2.66. The van der Waals surface area contributed by atoms with Gasteiger partial charge in [-0.3, -0.25) is 0 Å². The van der Waals surface area contributed by atoms with Crippen LogP contribution in [-0.4, -0.2) is 36.8 Å². The Kier molecular flexibility index (Phi) is 4.56. The number of hydrogen-bond acceptors (Lipinski definition) is 3. The van der Waals surface area contributed by atoms with E-state index in [-0.39, 0.29) is 12.0 Å². The molecule has 1 N–H and O–H groups in total. The second kappa shape index (κ2) is 5.51. The number of hydrogen-bond donors (Lipinski definition) is 1. The number of aryl methyl sites for hydroxylation is 1. The molecular weight excluding hydrogens is 202 g/mol. The number of likely N-dealkylation sites (N-methyl/N-ethyl adjacent to an activating group) is 1. The van der Waals surface area contributed by atoms with E-state index in [1.165, 1.54) is 0 Å². The number of nitrogens with zero attached hydrogens (tertiary/aromatic N) is 1. The lowest BCUT2D eigenvalue weighted by Crippen LogP contribution is -2.35. The molecule has 0 fully saturated rings. The molecule has 92 valence electrons. The fraction of sp³-hybridized carbons (Fsp3) is 0.692. The van der Waals surface area contributed by atoms with Crippen molar-refractivity contribution in [3.63, 3.8) is 0 Å². The summed E-state index contributed by atoms with van der Waals surface area (Å²) in [7, 11) is 2.08. The van der Waals surface area contributed by atoms with E-state index in [1.807, 2.05) is 19.1 Å². The van der Waals surface area contributed by atoms with Crippen molar-refractivity contribution in [2.75, 3.05) is 26.7 Å².